The SMILES string of the molecule is CCNC(=NCCCOCC1CCCO1)NCCN(C)c1ccccc1. The number of rotatable bonds is 11. The van der Waals surface area contributed by atoms with Gasteiger partial charge in [-0.2, -0.15) is 0 Å². The molecule has 1 fully saturated rings. The predicted octanol–water partition coefficient (Wildman–Crippen LogP) is 2.26. The van der Waals surface area contributed by atoms with Crippen molar-refractivity contribution in [2.75, 3.05) is 57.9 Å². The first-order valence-electron chi connectivity index (χ1n) is 9.77. The number of likely N-dealkylation sites (N-methyl/N-ethyl adjacent to an activating group) is 1. The van der Waals surface area contributed by atoms with Gasteiger partial charge in [-0.15, -0.1) is 0 Å². The molecule has 1 saturated heterocycles. The molecular formula is C20H34N4O2. The molecule has 0 aromatic heterocycles. The van der Waals surface area contributed by atoms with Gasteiger partial charge in [0.15, 0.2) is 5.96 Å². The summed E-state index contributed by atoms with van der Waals surface area (Å²) in [4.78, 5) is 6.85. The summed E-state index contributed by atoms with van der Waals surface area (Å²) in [5.74, 6) is 0.869. The van der Waals surface area contributed by atoms with E-state index >= 15 is 0 Å². The zero-order valence-corrected chi connectivity index (χ0v) is 16.2. The molecule has 1 aromatic carbocycles. The number of nitrogens with zero attached hydrogens (tertiary/aromatic N) is 2. The minimum Gasteiger partial charge on any atom is -0.379 e. The fourth-order valence-corrected chi connectivity index (χ4v) is 2.84. The molecule has 26 heavy (non-hydrogen) atoms. The first-order valence-corrected chi connectivity index (χ1v) is 9.77. The van der Waals surface area contributed by atoms with Gasteiger partial charge in [0.1, 0.15) is 0 Å². The fourth-order valence-electron chi connectivity index (χ4n) is 2.84. The molecule has 1 atom stereocenters. The Labute approximate surface area is 158 Å². The van der Waals surface area contributed by atoms with E-state index in [0.717, 1.165) is 64.6 Å². The van der Waals surface area contributed by atoms with Crippen molar-refractivity contribution in [1.29, 1.82) is 0 Å². The van der Waals surface area contributed by atoms with E-state index in [4.69, 9.17) is 9.47 Å². The molecule has 146 valence electrons. The van der Waals surface area contributed by atoms with Gasteiger partial charge in [0.25, 0.3) is 0 Å². The molecular weight excluding hydrogens is 328 g/mol. The van der Waals surface area contributed by atoms with Crippen LogP contribution in [0.4, 0.5) is 5.69 Å². The van der Waals surface area contributed by atoms with Crippen LogP contribution in [0.1, 0.15) is 26.2 Å². The molecule has 1 unspecified atom stereocenters. The van der Waals surface area contributed by atoms with Crippen molar-refractivity contribution in [3.8, 4) is 0 Å². The van der Waals surface area contributed by atoms with Gasteiger partial charge in [-0.1, -0.05) is 18.2 Å². The van der Waals surface area contributed by atoms with E-state index in [2.05, 4.69) is 58.8 Å². The first-order chi connectivity index (χ1) is 12.8. The summed E-state index contributed by atoms with van der Waals surface area (Å²) in [5.41, 5.74) is 1.22. The average molecular weight is 363 g/mol. The highest BCUT2D eigenvalue weighted by Gasteiger charge is 2.14. The Morgan fingerprint density at radius 2 is 2.15 bits per heavy atom. The summed E-state index contributed by atoms with van der Waals surface area (Å²) < 4.78 is 11.2. The standard InChI is InChI=1S/C20H34N4O2/c1-3-21-20(22-12-8-15-25-17-19-11-7-16-26-19)23-13-14-24(2)18-9-5-4-6-10-18/h4-6,9-10,19H,3,7-8,11-17H2,1-2H3,(H2,21,22,23). The van der Waals surface area contributed by atoms with Crippen molar-refractivity contribution < 1.29 is 9.47 Å². The summed E-state index contributed by atoms with van der Waals surface area (Å²) in [6.07, 6.45) is 3.52. The van der Waals surface area contributed by atoms with Gasteiger partial charge in [-0.05, 0) is 38.3 Å². The topological polar surface area (TPSA) is 58.1 Å². The summed E-state index contributed by atoms with van der Waals surface area (Å²) in [6.45, 7) is 7.79. The molecule has 1 aliphatic rings. The molecule has 0 bridgehead atoms. The number of para-hydroxylation sites is 1. The van der Waals surface area contributed by atoms with Crippen LogP contribution in [-0.2, 0) is 9.47 Å². The molecule has 0 aliphatic carbocycles. The minimum atomic E-state index is 0.305. The number of anilines is 1. The molecule has 6 nitrogen and oxygen atoms in total. The van der Waals surface area contributed by atoms with Gasteiger partial charge in [-0.25, -0.2) is 0 Å². The number of nitrogens with one attached hydrogen (secondary N) is 2. The van der Waals surface area contributed by atoms with Gasteiger partial charge < -0.3 is 25.0 Å². The minimum absolute atomic E-state index is 0.305. The maximum Gasteiger partial charge on any atom is 0.191 e. The Morgan fingerprint density at radius 1 is 1.31 bits per heavy atom. The molecule has 0 amide bonds. The maximum absolute atomic E-state index is 5.68. The maximum atomic E-state index is 5.68. The molecule has 0 radical (unpaired) electrons. The number of ether oxygens (including phenoxy) is 2. The second-order valence-corrected chi connectivity index (χ2v) is 6.51. The Morgan fingerprint density at radius 3 is 2.88 bits per heavy atom. The van der Waals surface area contributed by atoms with Crippen LogP contribution < -0.4 is 15.5 Å². The van der Waals surface area contributed by atoms with E-state index < -0.39 is 0 Å². The third kappa shape index (κ3) is 8.06. The van der Waals surface area contributed by atoms with Crippen molar-refractivity contribution in [2.45, 2.75) is 32.3 Å². The Hall–Kier alpha value is -1.79. The molecule has 0 saturated carbocycles. The third-order valence-corrected chi connectivity index (χ3v) is 4.33. The largest absolute Gasteiger partial charge is 0.379 e. The quantitative estimate of drug-likeness (QED) is 0.359. The lowest BCUT2D eigenvalue weighted by molar-refractivity contribution is 0.0171. The van der Waals surface area contributed by atoms with Crippen LogP contribution in [0.15, 0.2) is 35.3 Å². The van der Waals surface area contributed by atoms with Crippen LogP contribution in [-0.4, -0.2) is 65.1 Å². The summed E-state index contributed by atoms with van der Waals surface area (Å²) in [6, 6.07) is 10.4. The van der Waals surface area contributed by atoms with Crippen LogP contribution in [0.5, 0.6) is 0 Å². The first kappa shape index (κ1) is 20.5. The lowest BCUT2D eigenvalue weighted by Gasteiger charge is -2.20. The van der Waals surface area contributed by atoms with Gasteiger partial charge in [-0.3, -0.25) is 4.99 Å². The van der Waals surface area contributed by atoms with Crippen molar-refractivity contribution >= 4 is 11.6 Å². The molecule has 6 heteroatoms. The summed E-state index contributed by atoms with van der Waals surface area (Å²) in [5, 5.41) is 6.68. The molecule has 1 aromatic rings. The Kier molecular flexibility index (Phi) is 9.90. The zero-order chi connectivity index (χ0) is 18.5. The van der Waals surface area contributed by atoms with E-state index in [0.29, 0.717) is 12.7 Å². The molecule has 1 heterocycles. The zero-order valence-electron chi connectivity index (χ0n) is 16.2. The number of hydrogen-bond acceptors (Lipinski definition) is 4. The van der Waals surface area contributed by atoms with Gasteiger partial charge in [0.05, 0.1) is 12.7 Å². The molecule has 1 aliphatic heterocycles. The van der Waals surface area contributed by atoms with Crippen LogP contribution in [0.2, 0.25) is 0 Å². The number of aliphatic imine (C=N–C) groups is 1. The van der Waals surface area contributed by atoms with Crippen LogP contribution in [0.3, 0.4) is 0 Å². The van der Waals surface area contributed by atoms with Gasteiger partial charge >= 0.3 is 0 Å². The monoisotopic (exact) mass is 362 g/mol. The Bertz CT molecular complexity index is 504. The van der Waals surface area contributed by atoms with E-state index in [-0.39, 0.29) is 0 Å². The highest BCUT2D eigenvalue weighted by molar-refractivity contribution is 5.79. The van der Waals surface area contributed by atoms with Crippen LogP contribution >= 0.6 is 0 Å². The average Bonchev–Trinajstić information content (AvgIpc) is 3.18. The lowest BCUT2D eigenvalue weighted by atomic mass is 10.2. The normalized spacial score (nSPS) is 17.3. The van der Waals surface area contributed by atoms with Gasteiger partial charge in [0, 0.05) is 52.1 Å². The summed E-state index contributed by atoms with van der Waals surface area (Å²) in [7, 11) is 2.10. The van der Waals surface area contributed by atoms with E-state index in [1.54, 1.807) is 0 Å². The molecule has 2 rings (SSSR count). The van der Waals surface area contributed by atoms with E-state index in [9.17, 15) is 0 Å². The number of benzene rings is 1. The van der Waals surface area contributed by atoms with E-state index in [1.165, 1.54) is 5.69 Å². The smallest absolute Gasteiger partial charge is 0.191 e. The van der Waals surface area contributed by atoms with Crippen LogP contribution in [0.25, 0.3) is 0 Å². The molecule has 0 spiro atoms. The van der Waals surface area contributed by atoms with Gasteiger partial charge in [0.2, 0.25) is 0 Å². The highest BCUT2D eigenvalue weighted by atomic mass is 16.5. The van der Waals surface area contributed by atoms with Crippen molar-refractivity contribution in [3.63, 3.8) is 0 Å². The van der Waals surface area contributed by atoms with Crippen molar-refractivity contribution in [3.05, 3.63) is 30.3 Å². The predicted molar refractivity (Wildman–Crippen MR) is 108 cm³/mol. The highest BCUT2D eigenvalue weighted by Crippen LogP contribution is 2.12. The third-order valence-electron chi connectivity index (χ3n) is 4.33. The number of hydrogen-bond donors (Lipinski definition) is 2. The van der Waals surface area contributed by atoms with Crippen molar-refractivity contribution in [1.82, 2.24) is 10.6 Å². The van der Waals surface area contributed by atoms with Crippen molar-refractivity contribution in [2.24, 2.45) is 4.99 Å². The fraction of sp³-hybridized carbons (Fsp3) is 0.650. The lowest BCUT2D eigenvalue weighted by Crippen LogP contribution is -2.41. The second-order valence-electron chi connectivity index (χ2n) is 6.51. The summed E-state index contributed by atoms with van der Waals surface area (Å²) >= 11 is 0. The Balaban J connectivity index is 1.59. The second kappa shape index (κ2) is 12.5. The van der Waals surface area contributed by atoms with Crippen LogP contribution in [0, 0.1) is 0 Å². The molecule has 2 N–H and O–H groups in total. The van der Waals surface area contributed by atoms with E-state index in [1.807, 2.05) is 6.07 Å². The number of guanidine groups is 1.